The highest BCUT2D eigenvalue weighted by molar-refractivity contribution is 5.15. The van der Waals surface area contributed by atoms with Crippen molar-refractivity contribution in [3.05, 3.63) is 108 Å². The molecule has 2 heteroatoms. The van der Waals surface area contributed by atoms with Crippen LogP contribution in [0.25, 0.3) is 0 Å². The van der Waals surface area contributed by atoms with Crippen molar-refractivity contribution < 1.29 is 9.22 Å². The number of likely N-dealkylation sites (N-methyl/N-ethyl adjacent to an activating group) is 1. The Kier molecular flexibility index (Phi) is 6.59. The Morgan fingerprint density at radius 2 is 1.04 bits per heavy atom. The molecule has 0 saturated carbocycles. The lowest BCUT2D eigenvalue weighted by Gasteiger charge is -2.35. The topological polar surface area (TPSA) is 9.23 Å². The number of hydrogen-bond donors (Lipinski definition) is 0. The molecule has 134 valence electrons. The van der Waals surface area contributed by atoms with E-state index in [1.54, 1.807) is 0 Å². The van der Waals surface area contributed by atoms with Gasteiger partial charge in [-0.25, -0.2) is 0 Å². The van der Waals surface area contributed by atoms with Crippen molar-refractivity contribution >= 4 is 0 Å². The third-order valence-corrected chi connectivity index (χ3v) is 4.70. The summed E-state index contributed by atoms with van der Waals surface area (Å²) in [4.78, 5) is 0. The first-order chi connectivity index (χ1) is 12.7. The molecule has 0 aliphatic heterocycles. The Labute approximate surface area is 157 Å². The highest BCUT2D eigenvalue weighted by Gasteiger charge is 2.22. The molecule has 0 aliphatic carbocycles. The Morgan fingerprint density at radius 3 is 1.50 bits per heavy atom. The largest absolute Gasteiger partial charge is 0.371 e. The zero-order chi connectivity index (χ0) is 18.1. The van der Waals surface area contributed by atoms with E-state index >= 15 is 0 Å². The molecule has 3 rings (SSSR count). The van der Waals surface area contributed by atoms with Gasteiger partial charge in [0.2, 0.25) is 0 Å². The summed E-state index contributed by atoms with van der Waals surface area (Å²) >= 11 is 0. The van der Waals surface area contributed by atoms with Crippen LogP contribution in [0.1, 0.15) is 16.7 Å². The van der Waals surface area contributed by atoms with Gasteiger partial charge in [0.05, 0.1) is 20.3 Å². The van der Waals surface area contributed by atoms with Crippen LogP contribution in [0.4, 0.5) is 0 Å². The second kappa shape index (κ2) is 9.33. The molecular formula is C24H28NO+. The highest BCUT2D eigenvalue weighted by Crippen LogP contribution is 2.17. The number of nitrogens with zero attached hydrogens (tertiary/aromatic N) is 1. The molecule has 0 unspecified atom stereocenters. The lowest BCUT2D eigenvalue weighted by atomic mass is 10.1. The number of benzene rings is 3. The maximum atomic E-state index is 5.98. The maximum absolute atomic E-state index is 5.98. The van der Waals surface area contributed by atoms with Crippen LogP contribution in [0.5, 0.6) is 0 Å². The molecule has 0 spiro atoms. The second-order valence-corrected chi connectivity index (χ2v) is 7.17. The molecule has 3 aromatic carbocycles. The van der Waals surface area contributed by atoms with Gasteiger partial charge in [0.1, 0.15) is 19.6 Å². The number of rotatable bonds is 9. The Bertz CT molecular complexity index is 714. The van der Waals surface area contributed by atoms with E-state index < -0.39 is 0 Å². The van der Waals surface area contributed by atoms with Crippen molar-refractivity contribution in [1.82, 2.24) is 0 Å². The average Bonchev–Trinajstić information content (AvgIpc) is 2.68. The van der Waals surface area contributed by atoms with E-state index in [-0.39, 0.29) is 0 Å². The van der Waals surface area contributed by atoms with Crippen LogP contribution < -0.4 is 0 Å². The summed E-state index contributed by atoms with van der Waals surface area (Å²) in [5.74, 6) is 0. The summed E-state index contributed by atoms with van der Waals surface area (Å²) in [6.07, 6.45) is 0. The SMILES string of the molecule is C[N+](CCOCc1ccccc1)(Cc1ccccc1)Cc1ccccc1. The number of ether oxygens (including phenoxy) is 1. The molecule has 0 bridgehead atoms. The Morgan fingerprint density at radius 1 is 0.615 bits per heavy atom. The van der Waals surface area contributed by atoms with Gasteiger partial charge in [-0.1, -0.05) is 91.0 Å². The molecule has 0 saturated heterocycles. The first kappa shape index (κ1) is 18.4. The fraction of sp³-hybridized carbons (Fsp3) is 0.250. The summed E-state index contributed by atoms with van der Waals surface area (Å²) in [6, 6.07) is 31.9. The number of quaternary nitrogens is 1. The van der Waals surface area contributed by atoms with Crippen LogP contribution in [-0.2, 0) is 24.4 Å². The molecule has 2 nitrogen and oxygen atoms in total. The predicted octanol–water partition coefficient (Wildman–Crippen LogP) is 5.05. The van der Waals surface area contributed by atoms with Crippen molar-refractivity contribution in [2.75, 3.05) is 20.2 Å². The van der Waals surface area contributed by atoms with Crippen LogP contribution in [0, 0.1) is 0 Å². The molecular weight excluding hydrogens is 318 g/mol. The first-order valence-electron chi connectivity index (χ1n) is 9.27. The molecule has 0 heterocycles. The maximum Gasteiger partial charge on any atom is 0.104 e. The van der Waals surface area contributed by atoms with Crippen molar-refractivity contribution in [2.24, 2.45) is 0 Å². The van der Waals surface area contributed by atoms with Crippen molar-refractivity contribution in [2.45, 2.75) is 19.7 Å². The second-order valence-electron chi connectivity index (χ2n) is 7.17. The average molecular weight is 346 g/mol. The Hall–Kier alpha value is -2.42. The molecule has 26 heavy (non-hydrogen) atoms. The van der Waals surface area contributed by atoms with E-state index in [0.29, 0.717) is 6.61 Å². The molecule has 0 fully saturated rings. The van der Waals surface area contributed by atoms with Crippen LogP contribution in [0.2, 0.25) is 0 Å². The van der Waals surface area contributed by atoms with Crippen LogP contribution in [0.3, 0.4) is 0 Å². The number of hydrogen-bond acceptors (Lipinski definition) is 1. The fourth-order valence-corrected chi connectivity index (χ4v) is 3.31. The van der Waals surface area contributed by atoms with E-state index in [2.05, 4.69) is 92.0 Å². The molecule has 3 aromatic rings. The predicted molar refractivity (Wildman–Crippen MR) is 107 cm³/mol. The summed E-state index contributed by atoms with van der Waals surface area (Å²) in [5.41, 5.74) is 3.97. The summed E-state index contributed by atoms with van der Waals surface area (Å²) in [5, 5.41) is 0. The van der Waals surface area contributed by atoms with Crippen LogP contribution >= 0.6 is 0 Å². The summed E-state index contributed by atoms with van der Waals surface area (Å²) < 4.78 is 6.91. The van der Waals surface area contributed by atoms with Gasteiger partial charge >= 0.3 is 0 Å². The van der Waals surface area contributed by atoms with Gasteiger partial charge < -0.3 is 9.22 Å². The highest BCUT2D eigenvalue weighted by atomic mass is 16.5. The minimum Gasteiger partial charge on any atom is -0.371 e. The molecule has 0 N–H and O–H groups in total. The van der Waals surface area contributed by atoms with Gasteiger partial charge in [0, 0.05) is 11.1 Å². The minimum absolute atomic E-state index is 0.678. The van der Waals surface area contributed by atoms with Crippen molar-refractivity contribution in [1.29, 1.82) is 0 Å². The van der Waals surface area contributed by atoms with E-state index in [1.807, 2.05) is 6.07 Å². The van der Waals surface area contributed by atoms with Gasteiger partial charge in [0.25, 0.3) is 0 Å². The zero-order valence-electron chi connectivity index (χ0n) is 15.6. The van der Waals surface area contributed by atoms with Gasteiger partial charge in [-0.05, 0) is 5.56 Å². The van der Waals surface area contributed by atoms with Crippen LogP contribution in [0.15, 0.2) is 91.0 Å². The van der Waals surface area contributed by atoms with Crippen molar-refractivity contribution in [3.63, 3.8) is 0 Å². The monoisotopic (exact) mass is 346 g/mol. The molecule has 0 amide bonds. The van der Waals surface area contributed by atoms with E-state index in [4.69, 9.17) is 4.74 Å². The molecule has 0 aliphatic rings. The smallest absolute Gasteiger partial charge is 0.104 e. The van der Waals surface area contributed by atoms with Gasteiger partial charge in [-0.3, -0.25) is 0 Å². The fourth-order valence-electron chi connectivity index (χ4n) is 3.31. The zero-order valence-corrected chi connectivity index (χ0v) is 15.6. The van der Waals surface area contributed by atoms with E-state index in [9.17, 15) is 0 Å². The van der Waals surface area contributed by atoms with E-state index in [1.165, 1.54) is 16.7 Å². The normalized spacial score (nSPS) is 11.4. The summed E-state index contributed by atoms with van der Waals surface area (Å²) in [7, 11) is 2.33. The van der Waals surface area contributed by atoms with Gasteiger partial charge in [0.15, 0.2) is 0 Å². The minimum atomic E-state index is 0.678. The molecule has 0 radical (unpaired) electrons. The van der Waals surface area contributed by atoms with Crippen LogP contribution in [-0.4, -0.2) is 24.7 Å². The molecule has 0 aromatic heterocycles. The molecule has 0 atom stereocenters. The van der Waals surface area contributed by atoms with E-state index in [0.717, 1.165) is 30.7 Å². The summed E-state index contributed by atoms with van der Waals surface area (Å²) in [6.45, 7) is 4.42. The lowest BCUT2D eigenvalue weighted by Crippen LogP contribution is -2.44. The lowest BCUT2D eigenvalue weighted by molar-refractivity contribution is -0.935. The third kappa shape index (κ3) is 5.83. The quantitative estimate of drug-likeness (QED) is 0.389. The standard InChI is InChI=1S/C24H28NO/c1-25(19-22-11-5-2-6-12-22,20-23-13-7-3-8-14-23)17-18-26-21-24-15-9-4-10-16-24/h2-16H,17-21H2,1H3/q+1. The van der Waals surface area contributed by atoms with Gasteiger partial charge in [-0.15, -0.1) is 0 Å². The Balaban J connectivity index is 1.62. The first-order valence-corrected chi connectivity index (χ1v) is 9.27. The third-order valence-electron chi connectivity index (χ3n) is 4.70. The van der Waals surface area contributed by atoms with Crippen molar-refractivity contribution in [3.8, 4) is 0 Å². The van der Waals surface area contributed by atoms with Gasteiger partial charge in [-0.2, -0.15) is 0 Å².